The van der Waals surface area contributed by atoms with E-state index in [2.05, 4.69) is 26.0 Å². The number of aliphatic hydroxyl groups is 1. The van der Waals surface area contributed by atoms with Gasteiger partial charge in [0.25, 0.3) is 0 Å². The smallest absolute Gasteiger partial charge is 0.404 e. The third kappa shape index (κ3) is 5.59. The van der Waals surface area contributed by atoms with Crippen LogP contribution in [0.3, 0.4) is 0 Å². The molecule has 0 aliphatic rings. The number of hydrogen-bond donors (Lipinski definition) is 2. The number of rotatable bonds is 6. The molecule has 0 radical (unpaired) electrons. The highest BCUT2D eigenvalue weighted by Gasteiger charge is 2.32. The Balaban J connectivity index is 2.70. The van der Waals surface area contributed by atoms with Crippen LogP contribution in [0.15, 0.2) is 22.7 Å². The van der Waals surface area contributed by atoms with E-state index in [-0.39, 0.29) is 18.0 Å². The van der Waals surface area contributed by atoms with Crippen LogP contribution in [0.25, 0.3) is 0 Å². The minimum Gasteiger partial charge on any atom is -0.404 e. The number of aliphatic hydroxyl groups excluding tert-OH is 1. The second kappa shape index (κ2) is 6.84. The van der Waals surface area contributed by atoms with Gasteiger partial charge >= 0.3 is 6.36 Å². The van der Waals surface area contributed by atoms with Crippen LogP contribution in [0.5, 0.6) is 5.75 Å². The summed E-state index contributed by atoms with van der Waals surface area (Å²) in [6.07, 6.45) is -3.46. The molecule has 0 saturated carbocycles. The lowest BCUT2D eigenvalue weighted by Crippen LogP contribution is -2.18. The summed E-state index contributed by atoms with van der Waals surface area (Å²) in [4.78, 5) is 0. The number of hydrogen-bond acceptors (Lipinski definition) is 3. The Hall–Kier alpha value is -0.950. The largest absolute Gasteiger partial charge is 0.573 e. The molecular formula is C11H13BrF3NO2. The summed E-state index contributed by atoms with van der Waals surface area (Å²) < 4.78 is 41.0. The molecule has 1 rings (SSSR count). The molecule has 0 saturated heterocycles. The molecule has 0 atom stereocenters. The average Bonchev–Trinajstić information content (AvgIpc) is 2.24. The van der Waals surface area contributed by atoms with Crippen molar-refractivity contribution in [2.24, 2.45) is 0 Å². The zero-order valence-corrected chi connectivity index (χ0v) is 11.0. The van der Waals surface area contributed by atoms with Crippen molar-refractivity contribution in [2.75, 3.05) is 18.5 Å². The van der Waals surface area contributed by atoms with Crippen LogP contribution in [0, 0.1) is 0 Å². The van der Waals surface area contributed by atoms with Gasteiger partial charge in [-0.2, -0.15) is 0 Å². The van der Waals surface area contributed by atoms with Gasteiger partial charge in [0.1, 0.15) is 0 Å². The predicted molar refractivity (Wildman–Crippen MR) is 65.6 cm³/mol. The van der Waals surface area contributed by atoms with Gasteiger partial charge in [-0.05, 0) is 31.0 Å². The van der Waals surface area contributed by atoms with E-state index in [1.54, 1.807) is 6.07 Å². The molecule has 0 aliphatic heterocycles. The molecule has 1 aromatic rings. The predicted octanol–water partition coefficient (Wildman–Crippen LogP) is 3.53. The van der Waals surface area contributed by atoms with Crippen molar-refractivity contribution in [3.63, 3.8) is 0 Å². The molecule has 0 fully saturated rings. The molecule has 18 heavy (non-hydrogen) atoms. The highest BCUT2D eigenvalue weighted by molar-refractivity contribution is 9.10. The molecular weight excluding hydrogens is 315 g/mol. The van der Waals surface area contributed by atoms with Gasteiger partial charge in [-0.1, -0.05) is 15.9 Å². The van der Waals surface area contributed by atoms with Gasteiger partial charge in [-0.15, -0.1) is 13.2 Å². The highest BCUT2D eigenvalue weighted by Crippen LogP contribution is 2.32. The van der Waals surface area contributed by atoms with E-state index in [9.17, 15) is 13.2 Å². The molecule has 0 aliphatic carbocycles. The van der Waals surface area contributed by atoms with Crippen LogP contribution >= 0.6 is 15.9 Å². The van der Waals surface area contributed by atoms with Crippen LogP contribution in [0.2, 0.25) is 0 Å². The molecule has 7 heteroatoms. The van der Waals surface area contributed by atoms with Crippen LogP contribution < -0.4 is 10.1 Å². The monoisotopic (exact) mass is 327 g/mol. The number of benzene rings is 1. The molecule has 0 spiro atoms. The number of alkyl halides is 3. The first kappa shape index (κ1) is 15.1. The quantitative estimate of drug-likeness (QED) is 0.785. The number of unbranched alkanes of at least 4 members (excludes halogenated alkanes) is 1. The van der Waals surface area contributed by atoms with Gasteiger partial charge in [0, 0.05) is 17.6 Å². The van der Waals surface area contributed by atoms with Gasteiger partial charge in [0.05, 0.1) is 5.69 Å². The third-order valence-corrected chi connectivity index (χ3v) is 2.56. The van der Waals surface area contributed by atoms with E-state index < -0.39 is 6.36 Å². The van der Waals surface area contributed by atoms with Crippen molar-refractivity contribution < 1.29 is 23.0 Å². The zero-order chi connectivity index (χ0) is 13.6. The average molecular weight is 328 g/mol. The van der Waals surface area contributed by atoms with Crippen LogP contribution in [0.4, 0.5) is 18.9 Å². The van der Waals surface area contributed by atoms with Crippen LogP contribution in [0.1, 0.15) is 12.8 Å². The fourth-order valence-electron chi connectivity index (χ4n) is 1.31. The molecule has 3 nitrogen and oxygen atoms in total. The molecule has 0 heterocycles. The number of ether oxygens (including phenoxy) is 1. The summed E-state index contributed by atoms with van der Waals surface area (Å²) >= 11 is 3.09. The Bertz CT molecular complexity index is 385. The molecule has 1 aromatic carbocycles. The van der Waals surface area contributed by atoms with E-state index in [0.717, 1.165) is 0 Å². The first-order chi connectivity index (χ1) is 8.42. The summed E-state index contributed by atoms with van der Waals surface area (Å²) in [5.41, 5.74) is 0.272. The normalized spacial score (nSPS) is 11.4. The van der Waals surface area contributed by atoms with Gasteiger partial charge < -0.3 is 15.2 Å². The molecule has 0 bridgehead atoms. The standard InChI is InChI=1S/C11H13BrF3NO2/c12-8-3-4-9(16-5-1-2-6-17)10(7-8)18-11(13,14)15/h3-4,7,16-17H,1-2,5-6H2. The lowest BCUT2D eigenvalue weighted by Gasteiger charge is -2.14. The van der Waals surface area contributed by atoms with Gasteiger partial charge in [-0.3, -0.25) is 0 Å². The summed E-state index contributed by atoms with van der Waals surface area (Å²) in [5.74, 6) is -0.277. The van der Waals surface area contributed by atoms with E-state index in [0.29, 0.717) is 23.9 Å². The van der Waals surface area contributed by atoms with Crippen LogP contribution in [-0.2, 0) is 0 Å². The second-order valence-corrected chi connectivity index (χ2v) is 4.46. The van der Waals surface area contributed by atoms with E-state index in [4.69, 9.17) is 5.11 Å². The maximum Gasteiger partial charge on any atom is 0.573 e. The highest BCUT2D eigenvalue weighted by atomic mass is 79.9. The Kier molecular flexibility index (Phi) is 5.74. The third-order valence-electron chi connectivity index (χ3n) is 2.07. The van der Waals surface area contributed by atoms with Crippen molar-refractivity contribution in [3.8, 4) is 5.75 Å². The summed E-state index contributed by atoms with van der Waals surface area (Å²) in [6, 6.07) is 4.38. The first-order valence-corrected chi connectivity index (χ1v) is 6.11. The number of nitrogens with one attached hydrogen (secondary N) is 1. The lowest BCUT2D eigenvalue weighted by atomic mass is 10.2. The first-order valence-electron chi connectivity index (χ1n) is 5.32. The van der Waals surface area contributed by atoms with Crippen molar-refractivity contribution in [1.29, 1.82) is 0 Å². The van der Waals surface area contributed by atoms with Crippen molar-refractivity contribution in [2.45, 2.75) is 19.2 Å². The fourth-order valence-corrected chi connectivity index (χ4v) is 1.65. The van der Waals surface area contributed by atoms with Crippen LogP contribution in [-0.4, -0.2) is 24.6 Å². The fraction of sp³-hybridized carbons (Fsp3) is 0.455. The molecule has 0 unspecified atom stereocenters. The molecule has 0 aromatic heterocycles. The van der Waals surface area contributed by atoms with Crippen molar-refractivity contribution in [3.05, 3.63) is 22.7 Å². The number of halogens is 4. The Labute approximate surface area is 111 Å². The van der Waals surface area contributed by atoms with Crippen molar-refractivity contribution in [1.82, 2.24) is 0 Å². The molecule has 2 N–H and O–H groups in total. The zero-order valence-electron chi connectivity index (χ0n) is 9.43. The van der Waals surface area contributed by atoms with Gasteiger partial charge in [-0.25, -0.2) is 0 Å². The van der Waals surface area contributed by atoms with Crippen molar-refractivity contribution >= 4 is 21.6 Å². The summed E-state index contributed by atoms with van der Waals surface area (Å²) in [5, 5.41) is 11.4. The van der Waals surface area contributed by atoms with Gasteiger partial charge in [0.15, 0.2) is 5.75 Å². The SMILES string of the molecule is OCCCCNc1ccc(Br)cc1OC(F)(F)F. The van der Waals surface area contributed by atoms with E-state index in [1.807, 2.05) is 0 Å². The Morgan fingerprint density at radius 2 is 2.00 bits per heavy atom. The molecule has 102 valence electrons. The molecule has 0 amide bonds. The minimum atomic E-state index is -4.72. The lowest BCUT2D eigenvalue weighted by molar-refractivity contribution is -0.274. The maximum absolute atomic E-state index is 12.2. The van der Waals surface area contributed by atoms with E-state index >= 15 is 0 Å². The summed E-state index contributed by atoms with van der Waals surface area (Å²) in [6.45, 7) is 0.532. The summed E-state index contributed by atoms with van der Waals surface area (Å²) in [7, 11) is 0. The second-order valence-electron chi connectivity index (χ2n) is 3.55. The maximum atomic E-state index is 12.2. The Morgan fingerprint density at radius 3 is 2.61 bits per heavy atom. The van der Waals surface area contributed by atoms with Gasteiger partial charge in [0.2, 0.25) is 0 Å². The Morgan fingerprint density at radius 1 is 1.28 bits per heavy atom. The minimum absolute atomic E-state index is 0.0634. The topological polar surface area (TPSA) is 41.5 Å². The number of anilines is 1. The van der Waals surface area contributed by atoms with E-state index in [1.165, 1.54) is 12.1 Å².